The zero-order valence-electron chi connectivity index (χ0n) is 7.74. The van der Waals surface area contributed by atoms with Gasteiger partial charge in [0.15, 0.2) is 0 Å². The first kappa shape index (κ1) is 9.45. The molecule has 68 valence electrons. The fraction of sp³-hybridized carbons (Fsp3) is 0.200. The number of carbonyl (C=O) groups excluding carboxylic acids is 1. The van der Waals surface area contributed by atoms with Crippen LogP contribution in [-0.2, 0) is 0 Å². The van der Waals surface area contributed by atoms with Gasteiger partial charge in [-0.05, 0) is 24.3 Å². The van der Waals surface area contributed by atoms with Crippen molar-refractivity contribution in [2.45, 2.75) is 0 Å². The van der Waals surface area contributed by atoms with E-state index in [1.165, 1.54) is 0 Å². The predicted molar refractivity (Wildman–Crippen MR) is 53.9 cm³/mol. The summed E-state index contributed by atoms with van der Waals surface area (Å²) in [7, 11) is 3.88. The van der Waals surface area contributed by atoms with Gasteiger partial charge in [0.2, 0.25) is 5.78 Å². The van der Waals surface area contributed by atoms with E-state index in [4.69, 9.17) is 5.41 Å². The molecule has 0 amide bonds. The van der Waals surface area contributed by atoms with Crippen molar-refractivity contribution in [2.75, 3.05) is 19.0 Å². The lowest BCUT2D eigenvalue weighted by molar-refractivity contribution is 0.107. The Labute approximate surface area is 77.5 Å². The molecule has 0 aliphatic heterocycles. The molecule has 1 aromatic carbocycles. The molecule has 0 radical (unpaired) electrons. The summed E-state index contributed by atoms with van der Waals surface area (Å²) in [6.45, 7) is 0. The lowest BCUT2D eigenvalue weighted by atomic mass is 10.1. The summed E-state index contributed by atoms with van der Waals surface area (Å²) in [5.41, 5.74) is 1.60. The molecule has 0 saturated carbocycles. The molecule has 0 unspecified atom stereocenters. The Morgan fingerprint density at radius 1 is 1.31 bits per heavy atom. The summed E-state index contributed by atoms with van der Waals surface area (Å²) in [6.07, 6.45) is 0.824. The summed E-state index contributed by atoms with van der Waals surface area (Å²) < 4.78 is 0. The molecule has 3 heteroatoms. The molecule has 0 aromatic heterocycles. The van der Waals surface area contributed by atoms with Crippen LogP contribution in [0.15, 0.2) is 24.3 Å². The van der Waals surface area contributed by atoms with Gasteiger partial charge in [0.25, 0.3) is 0 Å². The van der Waals surface area contributed by atoms with E-state index in [-0.39, 0.29) is 5.78 Å². The summed E-state index contributed by atoms with van der Waals surface area (Å²) in [5, 5.41) is 6.80. The van der Waals surface area contributed by atoms with Gasteiger partial charge in [-0.15, -0.1) is 0 Å². The van der Waals surface area contributed by atoms with Crippen LogP contribution in [0, 0.1) is 5.41 Å². The third-order valence-corrected chi connectivity index (χ3v) is 1.80. The minimum Gasteiger partial charge on any atom is -0.378 e. The number of carbonyl (C=O) groups is 1. The van der Waals surface area contributed by atoms with Crippen LogP contribution in [-0.4, -0.2) is 26.1 Å². The number of anilines is 1. The fourth-order valence-electron chi connectivity index (χ4n) is 1.01. The van der Waals surface area contributed by atoms with E-state index in [0.29, 0.717) is 5.56 Å². The van der Waals surface area contributed by atoms with Crippen LogP contribution in [0.5, 0.6) is 0 Å². The smallest absolute Gasteiger partial charge is 0.203 e. The van der Waals surface area contributed by atoms with E-state index < -0.39 is 0 Å². The second kappa shape index (κ2) is 3.85. The molecule has 3 nitrogen and oxygen atoms in total. The molecule has 0 fully saturated rings. The zero-order valence-corrected chi connectivity index (χ0v) is 7.74. The molecule has 13 heavy (non-hydrogen) atoms. The largest absolute Gasteiger partial charge is 0.378 e. The van der Waals surface area contributed by atoms with E-state index in [9.17, 15) is 4.79 Å². The molecule has 0 aliphatic carbocycles. The molecule has 1 N–H and O–H groups in total. The molecule has 0 heterocycles. The quantitative estimate of drug-likeness (QED) is 0.561. The maximum Gasteiger partial charge on any atom is 0.203 e. The second-order valence-corrected chi connectivity index (χ2v) is 2.95. The predicted octanol–water partition coefficient (Wildman–Crippen LogP) is 1.58. The summed E-state index contributed by atoms with van der Waals surface area (Å²) in [6, 6.07) is 7.17. The number of hydrogen-bond donors (Lipinski definition) is 1. The number of nitrogens with zero attached hydrogens (tertiary/aromatic N) is 1. The lowest BCUT2D eigenvalue weighted by Gasteiger charge is -2.11. The van der Waals surface area contributed by atoms with Gasteiger partial charge in [0.05, 0.1) is 6.21 Å². The average molecular weight is 176 g/mol. The number of rotatable bonds is 3. The maximum atomic E-state index is 11.0. The summed E-state index contributed by atoms with van der Waals surface area (Å²) in [4.78, 5) is 13.0. The van der Waals surface area contributed by atoms with Gasteiger partial charge in [0, 0.05) is 25.3 Å². The van der Waals surface area contributed by atoms with Crippen molar-refractivity contribution in [3.8, 4) is 0 Å². The Morgan fingerprint density at radius 3 is 2.23 bits per heavy atom. The van der Waals surface area contributed by atoms with Crippen LogP contribution >= 0.6 is 0 Å². The summed E-state index contributed by atoms with van der Waals surface area (Å²) in [5.74, 6) is -0.259. The molecule has 0 bridgehead atoms. The highest BCUT2D eigenvalue weighted by molar-refractivity contribution is 6.34. The van der Waals surface area contributed by atoms with Crippen LogP contribution in [0.25, 0.3) is 0 Å². The Kier molecular flexibility index (Phi) is 2.80. The van der Waals surface area contributed by atoms with Crippen molar-refractivity contribution in [1.82, 2.24) is 0 Å². The van der Waals surface area contributed by atoms with Crippen molar-refractivity contribution in [2.24, 2.45) is 0 Å². The first-order valence-corrected chi connectivity index (χ1v) is 3.97. The van der Waals surface area contributed by atoms with E-state index >= 15 is 0 Å². The van der Waals surface area contributed by atoms with Gasteiger partial charge in [0.1, 0.15) is 0 Å². The Hall–Kier alpha value is -1.64. The molecular formula is C10H12N2O. The van der Waals surface area contributed by atoms with Crippen LogP contribution in [0.4, 0.5) is 5.69 Å². The Morgan fingerprint density at radius 2 is 1.85 bits per heavy atom. The first-order chi connectivity index (χ1) is 6.15. The highest BCUT2D eigenvalue weighted by atomic mass is 16.1. The van der Waals surface area contributed by atoms with Crippen molar-refractivity contribution >= 4 is 17.7 Å². The monoisotopic (exact) mass is 176 g/mol. The number of nitrogens with one attached hydrogen (secondary N) is 1. The molecule has 1 aromatic rings. The highest BCUT2D eigenvalue weighted by Gasteiger charge is 2.01. The standard InChI is InChI=1S/C10H12N2O/c1-12(2)9-5-3-8(4-6-9)10(13)7-11/h3-7,11H,1-2H3. The first-order valence-electron chi connectivity index (χ1n) is 3.97. The van der Waals surface area contributed by atoms with Crippen molar-refractivity contribution in [3.05, 3.63) is 29.8 Å². The minimum absolute atomic E-state index is 0.259. The molecular weight excluding hydrogens is 164 g/mol. The van der Waals surface area contributed by atoms with Crippen molar-refractivity contribution in [3.63, 3.8) is 0 Å². The van der Waals surface area contributed by atoms with Gasteiger partial charge in [-0.3, -0.25) is 4.79 Å². The third kappa shape index (κ3) is 2.15. The van der Waals surface area contributed by atoms with Crippen molar-refractivity contribution in [1.29, 1.82) is 5.41 Å². The van der Waals surface area contributed by atoms with Gasteiger partial charge < -0.3 is 10.3 Å². The zero-order chi connectivity index (χ0) is 9.84. The lowest BCUT2D eigenvalue weighted by Crippen LogP contribution is -2.08. The van der Waals surface area contributed by atoms with E-state index in [1.807, 2.05) is 31.1 Å². The van der Waals surface area contributed by atoms with Gasteiger partial charge in [-0.1, -0.05) is 0 Å². The minimum atomic E-state index is -0.259. The second-order valence-electron chi connectivity index (χ2n) is 2.95. The van der Waals surface area contributed by atoms with Gasteiger partial charge in [-0.25, -0.2) is 0 Å². The average Bonchev–Trinajstić information content (AvgIpc) is 2.17. The van der Waals surface area contributed by atoms with Crippen molar-refractivity contribution < 1.29 is 4.79 Å². The van der Waals surface area contributed by atoms with Crippen LogP contribution in [0.2, 0.25) is 0 Å². The van der Waals surface area contributed by atoms with Crippen LogP contribution in [0.3, 0.4) is 0 Å². The molecule has 0 saturated heterocycles. The van der Waals surface area contributed by atoms with E-state index in [2.05, 4.69) is 0 Å². The molecule has 1 rings (SSSR count). The maximum absolute atomic E-state index is 11.0. The molecule has 0 atom stereocenters. The topological polar surface area (TPSA) is 44.2 Å². The summed E-state index contributed by atoms with van der Waals surface area (Å²) >= 11 is 0. The Bertz CT molecular complexity index is 314. The number of Topliss-reactive ketones (excluding diaryl/α,β-unsaturated/α-hetero) is 1. The van der Waals surface area contributed by atoms with Crippen LogP contribution in [0.1, 0.15) is 10.4 Å². The third-order valence-electron chi connectivity index (χ3n) is 1.80. The number of hydrogen-bond acceptors (Lipinski definition) is 3. The van der Waals surface area contributed by atoms with E-state index in [1.54, 1.807) is 12.1 Å². The highest BCUT2D eigenvalue weighted by Crippen LogP contribution is 2.11. The fourth-order valence-corrected chi connectivity index (χ4v) is 1.01. The number of ketones is 1. The number of benzene rings is 1. The van der Waals surface area contributed by atoms with Gasteiger partial charge in [-0.2, -0.15) is 0 Å². The molecule has 0 spiro atoms. The van der Waals surface area contributed by atoms with E-state index in [0.717, 1.165) is 11.9 Å². The van der Waals surface area contributed by atoms with Crippen LogP contribution < -0.4 is 4.90 Å². The normalized spacial score (nSPS) is 9.38. The Balaban J connectivity index is 2.93. The SMILES string of the molecule is CN(C)c1ccc(C(=O)C=N)cc1. The molecule has 0 aliphatic rings. The van der Waals surface area contributed by atoms with Gasteiger partial charge >= 0.3 is 0 Å².